The zero-order valence-corrected chi connectivity index (χ0v) is 17.6. The van der Waals surface area contributed by atoms with E-state index in [9.17, 15) is 4.79 Å². The number of hydrogen-bond donors (Lipinski definition) is 3. The maximum atomic E-state index is 11.9. The number of aromatic nitrogens is 3. The van der Waals surface area contributed by atoms with E-state index in [1.54, 1.807) is 30.2 Å². The van der Waals surface area contributed by atoms with Gasteiger partial charge in [0.25, 0.3) is 5.91 Å². The molecule has 0 aliphatic heterocycles. The van der Waals surface area contributed by atoms with Crippen LogP contribution in [0, 0.1) is 0 Å². The molecule has 0 bridgehead atoms. The maximum absolute atomic E-state index is 11.9. The molecule has 0 spiro atoms. The van der Waals surface area contributed by atoms with Gasteiger partial charge in [0.05, 0.1) is 11.3 Å². The van der Waals surface area contributed by atoms with Gasteiger partial charge in [0.15, 0.2) is 0 Å². The molecule has 1 aromatic carbocycles. The van der Waals surface area contributed by atoms with Crippen LogP contribution >= 0.6 is 11.8 Å². The topological polar surface area (TPSA) is 106 Å². The first-order chi connectivity index (χ1) is 15.1. The van der Waals surface area contributed by atoms with Crippen molar-refractivity contribution in [1.29, 1.82) is 0 Å². The smallest absolute Gasteiger partial charge is 0.252 e. The van der Waals surface area contributed by atoms with Gasteiger partial charge in [-0.05, 0) is 36.1 Å². The van der Waals surface area contributed by atoms with E-state index < -0.39 is 5.91 Å². The van der Waals surface area contributed by atoms with E-state index in [0.717, 1.165) is 16.0 Å². The summed E-state index contributed by atoms with van der Waals surface area (Å²) in [5, 5.41) is 6.36. The molecule has 154 valence electrons. The van der Waals surface area contributed by atoms with Gasteiger partial charge < -0.3 is 16.4 Å². The number of amides is 1. The summed E-state index contributed by atoms with van der Waals surface area (Å²) >= 11 is 1.55. The molecule has 0 unspecified atom stereocenters. The number of anilines is 4. The number of primary amides is 1. The molecular formula is C23H20N6OS. The minimum Gasteiger partial charge on any atom is -0.365 e. The molecule has 4 N–H and O–H groups in total. The zero-order chi connectivity index (χ0) is 21.6. The van der Waals surface area contributed by atoms with E-state index in [1.807, 2.05) is 60.9 Å². The van der Waals surface area contributed by atoms with Crippen LogP contribution in [0.3, 0.4) is 0 Å². The van der Waals surface area contributed by atoms with Crippen LogP contribution in [0.25, 0.3) is 11.1 Å². The van der Waals surface area contributed by atoms with Crippen LogP contribution in [-0.4, -0.2) is 27.1 Å². The summed E-state index contributed by atoms with van der Waals surface area (Å²) in [6, 6.07) is 19.4. The number of rotatable bonds is 7. The number of nitrogens with zero attached hydrogens (tertiary/aromatic N) is 3. The first kappa shape index (κ1) is 20.4. The third-order valence-electron chi connectivity index (χ3n) is 4.54. The second kappa shape index (κ2) is 9.27. The van der Waals surface area contributed by atoms with Gasteiger partial charge in [-0.2, -0.15) is 0 Å². The molecular weight excluding hydrogens is 408 g/mol. The maximum Gasteiger partial charge on any atom is 0.252 e. The average Bonchev–Trinajstić information content (AvgIpc) is 2.80. The molecule has 3 heterocycles. The lowest BCUT2D eigenvalue weighted by molar-refractivity contribution is 0.100. The van der Waals surface area contributed by atoms with Crippen LogP contribution < -0.4 is 16.4 Å². The highest BCUT2D eigenvalue weighted by molar-refractivity contribution is 7.98. The Labute approximate surface area is 184 Å². The van der Waals surface area contributed by atoms with Crippen molar-refractivity contribution in [3.8, 4) is 11.1 Å². The van der Waals surface area contributed by atoms with Crippen molar-refractivity contribution >= 4 is 40.8 Å². The lowest BCUT2D eigenvalue weighted by atomic mass is 10.1. The Bertz CT molecular complexity index is 1200. The quantitative estimate of drug-likeness (QED) is 0.361. The molecule has 1 amide bonds. The largest absolute Gasteiger partial charge is 0.365 e. The minimum atomic E-state index is -0.575. The highest BCUT2D eigenvalue weighted by atomic mass is 32.2. The third kappa shape index (κ3) is 4.81. The fourth-order valence-electron chi connectivity index (χ4n) is 3.00. The first-order valence-electron chi connectivity index (χ1n) is 9.48. The molecule has 4 rings (SSSR count). The van der Waals surface area contributed by atoms with Crippen molar-refractivity contribution in [2.75, 3.05) is 16.9 Å². The molecule has 0 atom stereocenters. The second-order valence-electron chi connectivity index (χ2n) is 6.58. The van der Waals surface area contributed by atoms with Crippen LogP contribution in [0.1, 0.15) is 10.4 Å². The zero-order valence-electron chi connectivity index (χ0n) is 16.7. The number of pyridine rings is 3. The van der Waals surface area contributed by atoms with Gasteiger partial charge in [-0.25, -0.2) is 15.0 Å². The monoisotopic (exact) mass is 428 g/mol. The number of hydrogen-bond acceptors (Lipinski definition) is 7. The summed E-state index contributed by atoms with van der Waals surface area (Å²) in [6.07, 6.45) is 6.88. The van der Waals surface area contributed by atoms with Crippen LogP contribution in [0.5, 0.6) is 0 Å². The van der Waals surface area contributed by atoms with Gasteiger partial charge >= 0.3 is 0 Å². The molecule has 3 aromatic heterocycles. The summed E-state index contributed by atoms with van der Waals surface area (Å²) in [6.45, 7) is 0. The lowest BCUT2D eigenvalue weighted by Crippen LogP contribution is -2.14. The standard InChI is InChI=1S/C23H20N6OS/c1-31-19-8-5-11-25-23(19)28-18-12-21(27-14-17(18)22(24)30)29-20-10-9-16(13-26-20)15-6-3-2-4-7-15/h2-14H,1H3,(H2,24,30)(H2,25,26,27,28,29). The Balaban J connectivity index is 1.59. The van der Waals surface area contributed by atoms with Crippen molar-refractivity contribution in [1.82, 2.24) is 15.0 Å². The highest BCUT2D eigenvalue weighted by Gasteiger charge is 2.13. The van der Waals surface area contributed by atoms with E-state index in [2.05, 4.69) is 25.6 Å². The minimum absolute atomic E-state index is 0.274. The summed E-state index contributed by atoms with van der Waals surface area (Å²) in [5.74, 6) is 1.22. The van der Waals surface area contributed by atoms with E-state index in [-0.39, 0.29) is 5.56 Å². The van der Waals surface area contributed by atoms with Crippen LogP contribution in [0.15, 0.2) is 84.1 Å². The van der Waals surface area contributed by atoms with E-state index in [4.69, 9.17) is 5.73 Å². The second-order valence-corrected chi connectivity index (χ2v) is 7.43. The van der Waals surface area contributed by atoms with E-state index in [0.29, 0.717) is 23.1 Å². The Morgan fingerprint density at radius 2 is 1.68 bits per heavy atom. The lowest BCUT2D eigenvalue weighted by Gasteiger charge is -2.13. The number of nitrogens with two attached hydrogens (primary N) is 1. The SMILES string of the molecule is CSc1cccnc1Nc1cc(Nc2ccc(-c3ccccc3)cn2)ncc1C(N)=O. The van der Waals surface area contributed by atoms with Gasteiger partial charge in [-0.1, -0.05) is 30.3 Å². The molecule has 0 radical (unpaired) electrons. The van der Waals surface area contributed by atoms with Crippen molar-refractivity contribution in [3.63, 3.8) is 0 Å². The highest BCUT2D eigenvalue weighted by Crippen LogP contribution is 2.29. The summed E-state index contributed by atoms with van der Waals surface area (Å²) in [4.78, 5) is 26.0. The first-order valence-corrected chi connectivity index (χ1v) is 10.7. The number of benzene rings is 1. The summed E-state index contributed by atoms with van der Waals surface area (Å²) in [7, 11) is 0. The van der Waals surface area contributed by atoms with Gasteiger partial charge in [0.2, 0.25) is 0 Å². The van der Waals surface area contributed by atoms with Crippen molar-refractivity contribution in [2.24, 2.45) is 5.73 Å². The average molecular weight is 429 g/mol. The van der Waals surface area contributed by atoms with Crippen LogP contribution in [0.2, 0.25) is 0 Å². The van der Waals surface area contributed by atoms with Crippen molar-refractivity contribution in [2.45, 2.75) is 4.90 Å². The molecule has 31 heavy (non-hydrogen) atoms. The molecule has 0 saturated carbocycles. The predicted molar refractivity (Wildman–Crippen MR) is 125 cm³/mol. The molecule has 0 fully saturated rings. The molecule has 0 aliphatic rings. The summed E-state index contributed by atoms with van der Waals surface area (Å²) in [5.41, 5.74) is 8.44. The number of nitrogens with one attached hydrogen (secondary N) is 2. The predicted octanol–water partition coefficient (Wildman–Crippen LogP) is 4.85. The molecule has 0 saturated heterocycles. The Hall–Kier alpha value is -3.91. The van der Waals surface area contributed by atoms with Crippen LogP contribution in [-0.2, 0) is 0 Å². The Kier molecular flexibility index (Phi) is 6.09. The van der Waals surface area contributed by atoms with Gasteiger partial charge in [0, 0.05) is 35.1 Å². The van der Waals surface area contributed by atoms with Gasteiger partial charge in [0.1, 0.15) is 17.5 Å². The van der Waals surface area contributed by atoms with Crippen molar-refractivity contribution in [3.05, 3.63) is 84.8 Å². The Morgan fingerprint density at radius 1 is 0.871 bits per heavy atom. The number of carbonyl (C=O) groups excluding carboxylic acids is 1. The number of thioether (sulfide) groups is 1. The fourth-order valence-corrected chi connectivity index (χ4v) is 3.51. The molecule has 8 heteroatoms. The number of carbonyl (C=O) groups is 1. The van der Waals surface area contributed by atoms with Gasteiger partial charge in [-0.15, -0.1) is 11.8 Å². The fraction of sp³-hybridized carbons (Fsp3) is 0.0435. The summed E-state index contributed by atoms with van der Waals surface area (Å²) < 4.78 is 0. The third-order valence-corrected chi connectivity index (χ3v) is 5.31. The van der Waals surface area contributed by atoms with Crippen LogP contribution in [0.4, 0.5) is 23.1 Å². The molecule has 0 aliphatic carbocycles. The Morgan fingerprint density at radius 3 is 2.39 bits per heavy atom. The molecule has 4 aromatic rings. The molecule has 7 nitrogen and oxygen atoms in total. The van der Waals surface area contributed by atoms with Gasteiger partial charge in [-0.3, -0.25) is 4.79 Å². The normalized spacial score (nSPS) is 10.5. The van der Waals surface area contributed by atoms with E-state index >= 15 is 0 Å². The van der Waals surface area contributed by atoms with Crippen molar-refractivity contribution < 1.29 is 4.79 Å². The van der Waals surface area contributed by atoms with E-state index in [1.165, 1.54) is 6.20 Å².